The number of thiol groups is 1. The van der Waals surface area contributed by atoms with Gasteiger partial charge in [0.05, 0.1) is 25.8 Å². The van der Waals surface area contributed by atoms with E-state index in [2.05, 4.69) is 39.2 Å². The van der Waals surface area contributed by atoms with Gasteiger partial charge in [-0.2, -0.15) is 12.6 Å². The highest BCUT2D eigenvalue weighted by Crippen LogP contribution is 2.18. The molecule has 5 atom stereocenters. The van der Waals surface area contributed by atoms with Crippen LogP contribution in [0.2, 0.25) is 0 Å². The molecule has 296 valence electrons. The lowest BCUT2D eigenvalue weighted by Gasteiger charge is -2.28. The van der Waals surface area contributed by atoms with E-state index in [1.807, 2.05) is 13.8 Å². The highest BCUT2D eigenvalue weighted by molar-refractivity contribution is 7.80. The Morgan fingerprint density at radius 1 is 0.774 bits per heavy atom. The number of hydrogen-bond donors (Lipinski definition) is 11. The van der Waals surface area contributed by atoms with Crippen LogP contribution in [0.4, 0.5) is 5.69 Å². The number of primary amides is 2. The number of nitrogens with one attached hydrogen (secondary N) is 5. The van der Waals surface area contributed by atoms with E-state index in [9.17, 15) is 48.6 Å². The summed E-state index contributed by atoms with van der Waals surface area (Å²) in [4.78, 5) is 101. The third kappa shape index (κ3) is 15.8. The van der Waals surface area contributed by atoms with Gasteiger partial charge in [-0.15, -0.1) is 0 Å². The fourth-order valence-electron chi connectivity index (χ4n) is 4.72. The largest absolute Gasteiger partial charge is 0.394 e. The van der Waals surface area contributed by atoms with Gasteiger partial charge in [-0.1, -0.05) is 27.7 Å². The summed E-state index contributed by atoms with van der Waals surface area (Å²) >= 11 is 4.19. The summed E-state index contributed by atoms with van der Waals surface area (Å²) in [6.07, 6.45) is -0.105. The van der Waals surface area contributed by atoms with Crippen molar-refractivity contribution in [1.29, 1.82) is 0 Å². The monoisotopic (exact) mass is 767 g/mol. The van der Waals surface area contributed by atoms with Crippen molar-refractivity contribution in [3.8, 4) is 0 Å². The molecule has 0 aromatic heterocycles. The summed E-state index contributed by atoms with van der Waals surface area (Å²) in [6, 6.07) is -0.556. The van der Waals surface area contributed by atoms with Crippen LogP contribution in [0.3, 0.4) is 0 Å². The molecule has 1 rings (SSSR count). The molecule has 13 N–H and O–H groups in total. The maximum absolute atomic E-state index is 13.5. The van der Waals surface area contributed by atoms with Gasteiger partial charge >= 0.3 is 0 Å². The van der Waals surface area contributed by atoms with Crippen LogP contribution >= 0.6 is 12.6 Å². The Bertz CT molecular complexity index is 1440. The van der Waals surface area contributed by atoms with Crippen LogP contribution in [0.25, 0.3) is 0 Å². The number of carbonyl (C=O) groups is 8. The predicted octanol–water partition coefficient (Wildman–Crippen LogP) is -3.62. The number of aliphatic hydroxyl groups excluding tert-OH is 2. The van der Waals surface area contributed by atoms with Gasteiger partial charge in [0.15, 0.2) is 0 Å². The van der Waals surface area contributed by atoms with Crippen LogP contribution in [0.5, 0.6) is 0 Å². The van der Waals surface area contributed by atoms with E-state index in [-0.39, 0.29) is 48.2 Å². The van der Waals surface area contributed by atoms with Gasteiger partial charge in [0.1, 0.15) is 24.2 Å². The van der Waals surface area contributed by atoms with Crippen LogP contribution in [0, 0.1) is 11.8 Å². The molecule has 0 fully saturated rings. The Morgan fingerprint density at radius 3 is 1.85 bits per heavy atom. The quantitative estimate of drug-likeness (QED) is 0.0483. The third-order valence-electron chi connectivity index (χ3n) is 7.77. The molecule has 0 unspecified atom stereocenters. The number of carbonyl (C=O) groups excluding carboxylic acids is 8. The number of nitrogens with two attached hydrogens (primary N) is 3. The number of benzene rings is 1. The fourth-order valence-corrected chi connectivity index (χ4v) is 4.92. The number of amides is 8. The molecule has 0 saturated carbocycles. The number of anilines is 1. The first-order valence-corrected chi connectivity index (χ1v) is 17.6. The van der Waals surface area contributed by atoms with Crippen molar-refractivity contribution in [2.24, 2.45) is 29.0 Å². The Balaban J connectivity index is 2.96. The molecule has 20 heteroatoms. The average molecular weight is 768 g/mol. The number of rotatable bonds is 23. The van der Waals surface area contributed by atoms with Gasteiger partial charge < -0.3 is 58.9 Å². The minimum Gasteiger partial charge on any atom is -0.394 e. The van der Waals surface area contributed by atoms with E-state index >= 15 is 0 Å². The second-order valence-corrected chi connectivity index (χ2v) is 13.4. The van der Waals surface area contributed by atoms with Gasteiger partial charge in [0, 0.05) is 30.0 Å². The molecule has 0 radical (unpaired) electrons. The van der Waals surface area contributed by atoms with Crippen LogP contribution in [0.1, 0.15) is 57.3 Å². The van der Waals surface area contributed by atoms with Crippen molar-refractivity contribution in [3.05, 3.63) is 29.8 Å². The molecular weight excluding hydrogens is 714 g/mol. The van der Waals surface area contributed by atoms with Gasteiger partial charge in [-0.25, -0.2) is 0 Å². The highest BCUT2D eigenvalue weighted by atomic mass is 32.1. The van der Waals surface area contributed by atoms with Crippen molar-refractivity contribution in [1.82, 2.24) is 26.6 Å². The second-order valence-electron chi connectivity index (χ2n) is 12.9. The molecule has 1 aromatic carbocycles. The molecule has 0 bridgehead atoms. The molecular formula is C33H53N9O10S. The van der Waals surface area contributed by atoms with Crippen molar-refractivity contribution < 1.29 is 48.6 Å². The van der Waals surface area contributed by atoms with E-state index in [4.69, 9.17) is 17.2 Å². The minimum atomic E-state index is -1.62. The van der Waals surface area contributed by atoms with Crippen molar-refractivity contribution in [3.63, 3.8) is 0 Å². The third-order valence-corrected chi connectivity index (χ3v) is 7.97. The van der Waals surface area contributed by atoms with Crippen LogP contribution in [-0.2, 0) is 33.6 Å². The minimum absolute atomic E-state index is 0.0160. The zero-order chi connectivity index (χ0) is 40.4. The Kier molecular flexibility index (Phi) is 20.1. The highest BCUT2D eigenvalue weighted by Gasteiger charge is 2.31. The van der Waals surface area contributed by atoms with Gasteiger partial charge in [0.25, 0.3) is 11.8 Å². The van der Waals surface area contributed by atoms with E-state index < -0.39 is 97.2 Å². The van der Waals surface area contributed by atoms with Crippen LogP contribution in [-0.4, -0.2) is 120 Å². The zero-order valence-electron chi connectivity index (χ0n) is 30.3. The molecule has 0 heterocycles. The first-order valence-electron chi connectivity index (χ1n) is 16.9. The lowest BCUT2D eigenvalue weighted by Crippen LogP contribution is -2.58. The van der Waals surface area contributed by atoms with Gasteiger partial charge in [-0.3, -0.25) is 38.4 Å². The maximum Gasteiger partial charge on any atom is 0.251 e. The summed E-state index contributed by atoms with van der Waals surface area (Å²) in [5, 5.41) is 31.6. The van der Waals surface area contributed by atoms with Crippen molar-refractivity contribution in [2.75, 3.05) is 37.0 Å². The number of aliphatic hydroxyl groups is 2. The number of nitrogens with zero attached hydrogens (tertiary/aromatic N) is 1. The SMILES string of the molecule is CC(C)C[C@H](NC(=O)c1ccc(N(CCS)C(=O)[C@H](CO)NC(=O)[C@H](CO)NC(=O)CNC(=O)[C@H](CCC(N)=O)NC(=O)[C@@H](N)C(C)C)cc1)C(N)=O. The van der Waals surface area contributed by atoms with Gasteiger partial charge in [-0.05, 0) is 48.9 Å². The maximum atomic E-state index is 13.5. The van der Waals surface area contributed by atoms with Crippen LogP contribution in [0.15, 0.2) is 24.3 Å². The molecule has 19 nitrogen and oxygen atoms in total. The predicted molar refractivity (Wildman–Crippen MR) is 197 cm³/mol. The molecule has 8 amide bonds. The van der Waals surface area contributed by atoms with E-state index in [0.717, 1.165) is 0 Å². The number of hydrogen-bond acceptors (Lipinski definition) is 12. The molecule has 0 aliphatic carbocycles. The standard InChI is InChI=1S/C33H53N9O10S/c1-17(2)13-22(28(36)47)40-29(48)19-5-7-20(8-6-19)42(11-12-53)33(52)24(16-44)41-31(50)23(15-43)38-26(46)14-37-30(49)21(9-10-25(34)45)39-32(51)27(35)18(3)4/h5-8,17-18,21-24,27,43-44,53H,9-16,35H2,1-4H3,(H2,34,45)(H2,36,47)(H,37,49)(H,38,46)(H,39,51)(H,40,48)(H,41,50)/t21-,22-,23-,24-,27-/m0/s1. The molecule has 0 aliphatic heterocycles. The van der Waals surface area contributed by atoms with Gasteiger partial charge in [0.2, 0.25) is 35.4 Å². The summed E-state index contributed by atoms with van der Waals surface area (Å²) in [5.41, 5.74) is 16.9. The first kappa shape index (κ1) is 46.2. The molecule has 0 aliphatic rings. The normalized spacial score (nSPS) is 13.8. The zero-order valence-corrected chi connectivity index (χ0v) is 31.2. The summed E-state index contributed by atoms with van der Waals surface area (Å²) in [6.45, 7) is 4.63. The molecule has 0 spiro atoms. The molecule has 0 saturated heterocycles. The van der Waals surface area contributed by atoms with Crippen LogP contribution < -0.4 is 48.7 Å². The topological polar surface area (TPSA) is 318 Å². The Labute approximate surface area is 313 Å². The Hall–Kier alpha value is -4.79. The lowest BCUT2D eigenvalue weighted by molar-refractivity contribution is -0.133. The smallest absolute Gasteiger partial charge is 0.251 e. The van der Waals surface area contributed by atoms with Crippen molar-refractivity contribution in [2.45, 2.75) is 77.2 Å². The fraction of sp³-hybridized carbons (Fsp3) is 0.576. The lowest BCUT2D eigenvalue weighted by atomic mass is 10.0. The summed E-state index contributed by atoms with van der Waals surface area (Å²) in [5.74, 6) is -6.27. The van der Waals surface area contributed by atoms with E-state index in [0.29, 0.717) is 6.42 Å². The molecule has 53 heavy (non-hydrogen) atoms. The Morgan fingerprint density at radius 2 is 1.36 bits per heavy atom. The molecule has 1 aromatic rings. The first-order chi connectivity index (χ1) is 24.9. The summed E-state index contributed by atoms with van der Waals surface area (Å²) in [7, 11) is 0. The second kappa shape index (κ2) is 23.0. The van der Waals surface area contributed by atoms with E-state index in [1.54, 1.807) is 13.8 Å². The summed E-state index contributed by atoms with van der Waals surface area (Å²) < 4.78 is 0. The average Bonchev–Trinajstić information content (AvgIpc) is 3.10. The van der Waals surface area contributed by atoms with E-state index in [1.165, 1.54) is 29.2 Å². The van der Waals surface area contributed by atoms with Crippen molar-refractivity contribution >= 4 is 65.6 Å².